The summed E-state index contributed by atoms with van der Waals surface area (Å²) in [5.74, 6) is 0.869. The molecule has 2 fully saturated rings. The van der Waals surface area contributed by atoms with Gasteiger partial charge in [0.15, 0.2) is 0 Å². The first-order valence-corrected chi connectivity index (χ1v) is 6.79. The van der Waals surface area contributed by atoms with Crippen LogP contribution in [0, 0.1) is 5.92 Å². The first-order chi connectivity index (χ1) is 7.64. The predicted molar refractivity (Wildman–Crippen MR) is 68.5 cm³/mol. The SMILES string of the molecule is CCC(CN)(C1CC1)N1CCN(C)CC1C. The summed E-state index contributed by atoms with van der Waals surface area (Å²) < 4.78 is 0. The van der Waals surface area contributed by atoms with Crippen molar-refractivity contribution in [2.24, 2.45) is 11.7 Å². The van der Waals surface area contributed by atoms with Gasteiger partial charge in [-0.05, 0) is 39.2 Å². The van der Waals surface area contributed by atoms with E-state index in [0.717, 1.165) is 12.5 Å². The minimum absolute atomic E-state index is 0.306. The van der Waals surface area contributed by atoms with Crippen molar-refractivity contribution >= 4 is 0 Å². The molecule has 0 aromatic rings. The Hall–Kier alpha value is -0.120. The molecule has 0 radical (unpaired) electrons. The lowest BCUT2D eigenvalue weighted by molar-refractivity contribution is -0.0122. The molecular weight excluding hydrogens is 198 g/mol. The standard InChI is InChI=1S/C13H27N3/c1-4-13(10-14,12-5-6-12)16-8-7-15(3)9-11(16)2/h11-12H,4-10,14H2,1-3H3. The number of nitrogens with zero attached hydrogens (tertiary/aromatic N) is 2. The van der Waals surface area contributed by atoms with Crippen LogP contribution in [0.2, 0.25) is 0 Å². The molecular formula is C13H27N3. The van der Waals surface area contributed by atoms with E-state index in [9.17, 15) is 0 Å². The maximum atomic E-state index is 6.13. The lowest BCUT2D eigenvalue weighted by Crippen LogP contribution is -2.64. The van der Waals surface area contributed by atoms with Crippen LogP contribution in [0.3, 0.4) is 0 Å². The monoisotopic (exact) mass is 225 g/mol. The molecule has 2 unspecified atom stereocenters. The molecule has 0 amide bonds. The van der Waals surface area contributed by atoms with Gasteiger partial charge in [0.1, 0.15) is 0 Å². The van der Waals surface area contributed by atoms with E-state index < -0.39 is 0 Å². The normalized spacial score (nSPS) is 32.6. The van der Waals surface area contributed by atoms with Crippen LogP contribution >= 0.6 is 0 Å². The van der Waals surface area contributed by atoms with Gasteiger partial charge < -0.3 is 10.6 Å². The zero-order valence-corrected chi connectivity index (χ0v) is 11.1. The van der Waals surface area contributed by atoms with Gasteiger partial charge in [0.05, 0.1) is 0 Å². The third-order valence-electron chi connectivity index (χ3n) is 4.71. The Morgan fingerprint density at radius 2 is 2.00 bits per heavy atom. The molecule has 0 aromatic heterocycles. The number of rotatable bonds is 4. The summed E-state index contributed by atoms with van der Waals surface area (Å²) in [6.45, 7) is 9.09. The van der Waals surface area contributed by atoms with Gasteiger partial charge in [-0.25, -0.2) is 0 Å². The number of likely N-dealkylation sites (N-methyl/N-ethyl adjacent to an activating group) is 1. The smallest absolute Gasteiger partial charge is 0.0361 e. The second kappa shape index (κ2) is 4.63. The molecule has 1 saturated heterocycles. The van der Waals surface area contributed by atoms with Gasteiger partial charge >= 0.3 is 0 Å². The van der Waals surface area contributed by atoms with E-state index in [4.69, 9.17) is 5.73 Å². The molecule has 0 bridgehead atoms. The molecule has 1 aliphatic heterocycles. The number of hydrogen-bond acceptors (Lipinski definition) is 3. The molecule has 16 heavy (non-hydrogen) atoms. The maximum absolute atomic E-state index is 6.13. The lowest BCUT2D eigenvalue weighted by atomic mass is 9.86. The van der Waals surface area contributed by atoms with Gasteiger partial charge in [0, 0.05) is 37.8 Å². The van der Waals surface area contributed by atoms with Crippen LogP contribution in [-0.4, -0.2) is 54.6 Å². The molecule has 2 rings (SSSR count). The zero-order chi connectivity index (χ0) is 11.8. The summed E-state index contributed by atoms with van der Waals surface area (Å²) in [6.07, 6.45) is 4.00. The van der Waals surface area contributed by atoms with Crippen LogP contribution in [-0.2, 0) is 0 Å². The Morgan fingerprint density at radius 3 is 2.44 bits per heavy atom. The van der Waals surface area contributed by atoms with E-state index in [0.29, 0.717) is 11.6 Å². The van der Waals surface area contributed by atoms with Crippen molar-refractivity contribution in [2.75, 3.05) is 33.2 Å². The molecule has 1 saturated carbocycles. The van der Waals surface area contributed by atoms with Gasteiger partial charge in [0.2, 0.25) is 0 Å². The van der Waals surface area contributed by atoms with E-state index in [2.05, 4.69) is 30.7 Å². The highest BCUT2D eigenvalue weighted by Gasteiger charge is 2.48. The average molecular weight is 225 g/mol. The third kappa shape index (κ3) is 2.01. The highest BCUT2D eigenvalue weighted by Crippen LogP contribution is 2.45. The first-order valence-electron chi connectivity index (χ1n) is 6.79. The van der Waals surface area contributed by atoms with Crippen molar-refractivity contribution in [2.45, 2.75) is 44.7 Å². The Morgan fingerprint density at radius 1 is 1.31 bits per heavy atom. The second-order valence-electron chi connectivity index (χ2n) is 5.74. The van der Waals surface area contributed by atoms with E-state index in [1.54, 1.807) is 0 Å². The second-order valence-corrected chi connectivity index (χ2v) is 5.74. The molecule has 2 N–H and O–H groups in total. The first kappa shape index (κ1) is 12.3. The average Bonchev–Trinajstić information content (AvgIpc) is 3.07. The quantitative estimate of drug-likeness (QED) is 0.779. The summed E-state index contributed by atoms with van der Waals surface area (Å²) in [5, 5.41) is 0. The predicted octanol–water partition coefficient (Wildman–Crippen LogP) is 1.14. The van der Waals surface area contributed by atoms with Crippen molar-refractivity contribution in [3.05, 3.63) is 0 Å². The lowest BCUT2D eigenvalue weighted by Gasteiger charge is -2.50. The number of hydrogen-bond donors (Lipinski definition) is 1. The largest absolute Gasteiger partial charge is 0.329 e. The topological polar surface area (TPSA) is 32.5 Å². The molecule has 94 valence electrons. The fourth-order valence-electron chi connectivity index (χ4n) is 3.58. The zero-order valence-electron chi connectivity index (χ0n) is 11.1. The van der Waals surface area contributed by atoms with Gasteiger partial charge in [-0.15, -0.1) is 0 Å². The Bertz CT molecular complexity index is 233. The molecule has 0 spiro atoms. The highest BCUT2D eigenvalue weighted by atomic mass is 15.3. The fourth-order valence-corrected chi connectivity index (χ4v) is 3.58. The van der Waals surface area contributed by atoms with Gasteiger partial charge in [0.25, 0.3) is 0 Å². The Labute approximate surface area is 100.0 Å². The number of nitrogens with two attached hydrogens (primary N) is 1. The van der Waals surface area contributed by atoms with Crippen LogP contribution in [0.1, 0.15) is 33.1 Å². The highest BCUT2D eigenvalue weighted by molar-refractivity contribution is 5.05. The van der Waals surface area contributed by atoms with Crippen molar-refractivity contribution in [1.82, 2.24) is 9.80 Å². The van der Waals surface area contributed by atoms with Crippen LogP contribution in [0.5, 0.6) is 0 Å². The van der Waals surface area contributed by atoms with Crippen LogP contribution in [0.15, 0.2) is 0 Å². The fraction of sp³-hybridized carbons (Fsp3) is 1.00. The summed E-state index contributed by atoms with van der Waals surface area (Å²) in [4.78, 5) is 5.15. The van der Waals surface area contributed by atoms with Gasteiger partial charge in [-0.3, -0.25) is 4.90 Å². The summed E-state index contributed by atoms with van der Waals surface area (Å²) in [7, 11) is 2.22. The van der Waals surface area contributed by atoms with Gasteiger partial charge in [-0.2, -0.15) is 0 Å². The molecule has 2 atom stereocenters. The molecule has 3 heteroatoms. The molecule has 2 aliphatic rings. The minimum atomic E-state index is 0.306. The van der Waals surface area contributed by atoms with Crippen LogP contribution in [0.25, 0.3) is 0 Å². The van der Waals surface area contributed by atoms with Crippen molar-refractivity contribution in [3.8, 4) is 0 Å². The molecule has 0 aromatic carbocycles. The van der Waals surface area contributed by atoms with E-state index >= 15 is 0 Å². The third-order valence-corrected chi connectivity index (χ3v) is 4.71. The molecule has 3 nitrogen and oxygen atoms in total. The molecule has 1 heterocycles. The summed E-state index contributed by atoms with van der Waals surface area (Å²) >= 11 is 0. The van der Waals surface area contributed by atoms with Crippen molar-refractivity contribution in [3.63, 3.8) is 0 Å². The maximum Gasteiger partial charge on any atom is 0.0361 e. The van der Waals surface area contributed by atoms with Crippen LogP contribution in [0.4, 0.5) is 0 Å². The minimum Gasteiger partial charge on any atom is -0.329 e. The van der Waals surface area contributed by atoms with E-state index in [1.165, 1.54) is 38.9 Å². The molecule has 1 aliphatic carbocycles. The van der Waals surface area contributed by atoms with Gasteiger partial charge in [-0.1, -0.05) is 6.92 Å². The van der Waals surface area contributed by atoms with Crippen molar-refractivity contribution < 1.29 is 0 Å². The van der Waals surface area contributed by atoms with E-state index in [-0.39, 0.29) is 0 Å². The summed E-state index contributed by atoms with van der Waals surface area (Å²) in [6, 6.07) is 0.655. The summed E-state index contributed by atoms with van der Waals surface area (Å²) in [5.41, 5.74) is 6.44. The Balaban J connectivity index is 2.13. The van der Waals surface area contributed by atoms with E-state index in [1.807, 2.05) is 0 Å². The van der Waals surface area contributed by atoms with Crippen molar-refractivity contribution in [1.29, 1.82) is 0 Å². The Kier molecular flexibility index (Phi) is 3.57. The van der Waals surface area contributed by atoms with Crippen LogP contribution < -0.4 is 5.73 Å². The number of piperazine rings is 1.